The molecule has 0 amide bonds. The number of rotatable bonds is 7. The molecule has 2 rings (SSSR count). The van der Waals surface area contributed by atoms with Crippen molar-refractivity contribution >= 4 is 0 Å². The van der Waals surface area contributed by atoms with Crippen LogP contribution in [0.15, 0.2) is 6.07 Å². The van der Waals surface area contributed by atoms with Gasteiger partial charge >= 0.3 is 0 Å². The highest BCUT2D eigenvalue weighted by Gasteiger charge is 2.35. The number of nitrogens with one attached hydrogen (secondary N) is 1. The minimum atomic E-state index is 0.448. The first-order valence-electron chi connectivity index (χ1n) is 8.39. The first kappa shape index (κ1) is 15.6. The number of nitrogens with zero attached hydrogens (tertiary/aromatic N) is 2. The molecule has 1 saturated carbocycles. The van der Waals surface area contributed by atoms with Crippen LogP contribution in [-0.4, -0.2) is 22.4 Å². The van der Waals surface area contributed by atoms with E-state index in [0.29, 0.717) is 5.41 Å². The molecule has 114 valence electrons. The Bertz CT molecular complexity index is 424. The van der Waals surface area contributed by atoms with Gasteiger partial charge in [0.05, 0.1) is 5.69 Å². The lowest BCUT2D eigenvalue weighted by molar-refractivity contribution is 0.312. The lowest BCUT2D eigenvalue weighted by atomic mass is 9.83. The third kappa shape index (κ3) is 3.63. The van der Waals surface area contributed by atoms with Gasteiger partial charge in [-0.3, -0.25) is 4.68 Å². The molecule has 0 radical (unpaired) electrons. The van der Waals surface area contributed by atoms with Crippen LogP contribution >= 0.6 is 0 Å². The number of hydrogen-bond acceptors (Lipinski definition) is 2. The third-order valence-electron chi connectivity index (χ3n) is 4.70. The molecule has 3 nitrogen and oxygen atoms in total. The van der Waals surface area contributed by atoms with Crippen LogP contribution in [-0.2, 0) is 19.4 Å². The van der Waals surface area contributed by atoms with Gasteiger partial charge in [0.15, 0.2) is 0 Å². The summed E-state index contributed by atoms with van der Waals surface area (Å²) in [5.74, 6) is 0. The molecule has 1 aliphatic carbocycles. The maximum absolute atomic E-state index is 4.69. The smallest absolute Gasteiger partial charge is 0.0624 e. The SMILES string of the molecule is CCCNC1CCC(C)(Cc2cc(CC)nn2CC)C1. The normalized spacial score (nSPS) is 26.3. The van der Waals surface area contributed by atoms with Gasteiger partial charge in [0.1, 0.15) is 0 Å². The summed E-state index contributed by atoms with van der Waals surface area (Å²) in [6, 6.07) is 3.05. The van der Waals surface area contributed by atoms with Gasteiger partial charge in [-0.05, 0) is 63.5 Å². The van der Waals surface area contributed by atoms with Crippen LogP contribution in [0.5, 0.6) is 0 Å². The zero-order valence-corrected chi connectivity index (χ0v) is 13.7. The van der Waals surface area contributed by atoms with Crippen molar-refractivity contribution in [3.8, 4) is 0 Å². The minimum Gasteiger partial charge on any atom is -0.314 e. The van der Waals surface area contributed by atoms with Crippen molar-refractivity contribution in [2.75, 3.05) is 6.54 Å². The fourth-order valence-electron chi connectivity index (χ4n) is 3.55. The van der Waals surface area contributed by atoms with Crippen molar-refractivity contribution in [3.63, 3.8) is 0 Å². The topological polar surface area (TPSA) is 29.9 Å². The summed E-state index contributed by atoms with van der Waals surface area (Å²) in [5, 5.41) is 8.38. The summed E-state index contributed by atoms with van der Waals surface area (Å²) in [4.78, 5) is 0. The number of hydrogen-bond donors (Lipinski definition) is 1. The van der Waals surface area contributed by atoms with Gasteiger partial charge in [0.2, 0.25) is 0 Å². The summed E-state index contributed by atoms with van der Waals surface area (Å²) in [5.41, 5.74) is 3.12. The van der Waals surface area contributed by atoms with E-state index < -0.39 is 0 Å². The molecular formula is C17H31N3. The molecule has 0 aromatic carbocycles. The van der Waals surface area contributed by atoms with E-state index >= 15 is 0 Å². The van der Waals surface area contributed by atoms with Crippen LogP contribution in [0.2, 0.25) is 0 Å². The van der Waals surface area contributed by atoms with Crippen LogP contribution < -0.4 is 5.32 Å². The average molecular weight is 277 g/mol. The van der Waals surface area contributed by atoms with E-state index in [1.54, 1.807) is 0 Å². The van der Waals surface area contributed by atoms with Gasteiger partial charge in [-0.15, -0.1) is 0 Å². The van der Waals surface area contributed by atoms with E-state index in [4.69, 9.17) is 5.10 Å². The Hall–Kier alpha value is -0.830. The highest BCUT2D eigenvalue weighted by Crippen LogP contribution is 2.40. The van der Waals surface area contributed by atoms with E-state index in [0.717, 1.165) is 25.6 Å². The highest BCUT2D eigenvalue weighted by molar-refractivity contribution is 5.13. The van der Waals surface area contributed by atoms with Gasteiger partial charge in [0.25, 0.3) is 0 Å². The first-order chi connectivity index (χ1) is 9.60. The van der Waals surface area contributed by atoms with Crippen molar-refractivity contribution in [2.24, 2.45) is 5.41 Å². The van der Waals surface area contributed by atoms with Gasteiger partial charge < -0.3 is 5.32 Å². The Kier molecular flexibility index (Phi) is 5.25. The Morgan fingerprint density at radius 3 is 2.85 bits per heavy atom. The Morgan fingerprint density at radius 2 is 2.20 bits per heavy atom. The Morgan fingerprint density at radius 1 is 1.40 bits per heavy atom. The second kappa shape index (κ2) is 6.75. The quantitative estimate of drug-likeness (QED) is 0.826. The van der Waals surface area contributed by atoms with Gasteiger partial charge in [-0.2, -0.15) is 5.10 Å². The molecule has 1 aliphatic rings. The fraction of sp³-hybridized carbons (Fsp3) is 0.824. The largest absolute Gasteiger partial charge is 0.314 e. The summed E-state index contributed by atoms with van der Waals surface area (Å²) < 4.78 is 2.21. The molecule has 1 fully saturated rings. The molecule has 20 heavy (non-hydrogen) atoms. The second-order valence-electron chi connectivity index (χ2n) is 6.68. The molecule has 1 aromatic rings. The lowest BCUT2D eigenvalue weighted by Crippen LogP contribution is -2.29. The van der Waals surface area contributed by atoms with Gasteiger partial charge in [0, 0.05) is 18.3 Å². The van der Waals surface area contributed by atoms with E-state index in [1.165, 1.54) is 43.5 Å². The van der Waals surface area contributed by atoms with Gasteiger partial charge in [-0.25, -0.2) is 0 Å². The predicted octanol–water partition coefficient (Wildman–Crippen LogP) is 3.57. The van der Waals surface area contributed by atoms with Crippen molar-refractivity contribution in [1.82, 2.24) is 15.1 Å². The molecule has 0 aliphatic heterocycles. The zero-order chi connectivity index (χ0) is 14.6. The summed E-state index contributed by atoms with van der Waals surface area (Å²) in [6.45, 7) is 11.2. The minimum absolute atomic E-state index is 0.448. The standard InChI is InChI=1S/C17H31N3/c1-5-10-18-15-8-9-17(4,12-15)13-16-11-14(6-2)19-20(16)7-3/h11,15,18H,5-10,12-13H2,1-4H3. The Balaban J connectivity index is 2.00. The highest BCUT2D eigenvalue weighted by atomic mass is 15.3. The van der Waals surface area contributed by atoms with Crippen LogP contribution in [0.3, 0.4) is 0 Å². The molecule has 0 bridgehead atoms. The molecule has 2 unspecified atom stereocenters. The van der Waals surface area contributed by atoms with Crippen molar-refractivity contribution < 1.29 is 0 Å². The zero-order valence-electron chi connectivity index (χ0n) is 13.7. The van der Waals surface area contributed by atoms with E-state index in [-0.39, 0.29) is 0 Å². The van der Waals surface area contributed by atoms with Crippen molar-refractivity contribution in [3.05, 3.63) is 17.5 Å². The maximum Gasteiger partial charge on any atom is 0.0624 e. The van der Waals surface area contributed by atoms with Gasteiger partial charge in [-0.1, -0.05) is 20.8 Å². The third-order valence-corrected chi connectivity index (χ3v) is 4.70. The molecule has 1 aromatic heterocycles. The first-order valence-corrected chi connectivity index (χ1v) is 8.39. The second-order valence-corrected chi connectivity index (χ2v) is 6.68. The molecular weight excluding hydrogens is 246 g/mol. The Labute approximate surface area is 124 Å². The number of aryl methyl sites for hydroxylation is 2. The summed E-state index contributed by atoms with van der Waals surface area (Å²) >= 11 is 0. The van der Waals surface area contributed by atoms with Crippen LogP contribution in [0.4, 0.5) is 0 Å². The molecule has 2 atom stereocenters. The fourth-order valence-corrected chi connectivity index (χ4v) is 3.55. The summed E-state index contributed by atoms with van der Waals surface area (Å²) in [6.07, 6.45) is 7.43. The monoisotopic (exact) mass is 277 g/mol. The van der Waals surface area contributed by atoms with Crippen LogP contribution in [0.1, 0.15) is 64.8 Å². The molecule has 1 heterocycles. The molecule has 3 heteroatoms. The molecule has 0 saturated heterocycles. The van der Waals surface area contributed by atoms with Crippen molar-refractivity contribution in [2.45, 2.75) is 78.8 Å². The molecule has 0 spiro atoms. The van der Waals surface area contributed by atoms with E-state index in [1.807, 2.05) is 0 Å². The van der Waals surface area contributed by atoms with E-state index in [2.05, 4.69) is 43.8 Å². The lowest BCUT2D eigenvalue weighted by Gasteiger charge is -2.24. The average Bonchev–Trinajstić information content (AvgIpc) is 3.00. The van der Waals surface area contributed by atoms with Crippen LogP contribution in [0, 0.1) is 5.41 Å². The summed E-state index contributed by atoms with van der Waals surface area (Å²) in [7, 11) is 0. The maximum atomic E-state index is 4.69. The van der Waals surface area contributed by atoms with Crippen LogP contribution in [0.25, 0.3) is 0 Å². The predicted molar refractivity (Wildman–Crippen MR) is 85.0 cm³/mol. The molecule has 1 N–H and O–H groups in total. The van der Waals surface area contributed by atoms with Crippen molar-refractivity contribution in [1.29, 1.82) is 0 Å². The number of aromatic nitrogens is 2. The van der Waals surface area contributed by atoms with E-state index in [9.17, 15) is 0 Å².